The van der Waals surface area contributed by atoms with Crippen molar-refractivity contribution in [1.29, 1.82) is 0 Å². The molecule has 0 saturated heterocycles. The van der Waals surface area contributed by atoms with Crippen LogP contribution in [-0.4, -0.2) is 33.5 Å². The fourth-order valence-electron chi connectivity index (χ4n) is 0. The summed E-state index contributed by atoms with van der Waals surface area (Å²) >= 11 is 0. The van der Waals surface area contributed by atoms with E-state index in [9.17, 15) is 0 Å². The molecule has 1 N–H and O–H groups in total. The SMILES string of the molecule is CO.COC.C[O-]. The van der Waals surface area contributed by atoms with Crippen molar-refractivity contribution in [3.8, 4) is 0 Å². The van der Waals surface area contributed by atoms with Gasteiger partial charge >= 0.3 is 0 Å². The summed E-state index contributed by atoms with van der Waals surface area (Å²) in [4.78, 5) is 0. The molecule has 48 valence electrons. The lowest BCUT2D eigenvalue weighted by Crippen LogP contribution is -1.81. The third-order valence-electron chi connectivity index (χ3n) is 0. The normalized spacial score (nSPS) is 4.29. The number of ether oxygens (including phenoxy) is 1. The van der Waals surface area contributed by atoms with Crippen LogP contribution in [0.25, 0.3) is 0 Å². The Morgan fingerprint density at radius 1 is 1.14 bits per heavy atom. The second kappa shape index (κ2) is 181. The first kappa shape index (κ1) is 15.8. The fourth-order valence-corrected chi connectivity index (χ4v) is 0. The molecule has 7 heavy (non-hydrogen) atoms. The summed E-state index contributed by atoms with van der Waals surface area (Å²) < 4.78 is 4.25. The molecule has 0 aromatic rings. The van der Waals surface area contributed by atoms with Gasteiger partial charge in [-0.2, -0.15) is 7.11 Å². The topological polar surface area (TPSA) is 52.5 Å². The minimum atomic E-state index is 0.750. The lowest BCUT2D eigenvalue weighted by Gasteiger charge is -1.61. The number of methoxy groups -OCH3 is 1. The number of hydrogen-bond acceptors (Lipinski definition) is 3. The predicted octanol–water partition coefficient (Wildman–Crippen LogP) is -1.15. The average Bonchev–Trinajstić information content (AvgIpc) is 1.78. The highest BCUT2D eigenvalue weighted by molar-refractivity contribution is 3.56. The Hall–Kier alpha value is -0.120. The van der Waals surface area contributed by atoms with Crippen LogP contribution in [0.1, 0.15) is 0 Å². The highest BCUT2D eigenvalue weighted by atomic mass is 16.4. The second-order valence-corrected chi connectivity index (χ2v) is 0.408. The van der Waals surface area contributed by atoms with Gasteiger partial charge < -0.3 is 14.9 Å². The Bertz CT molecular complexity index is 6.90. The third kappa shape index (κ3) is 6150. The lowest BCUT2D eigenvalue weighted by atomic mass is 11.6. The number of rotatable bonds is 0. The molecule has 0 bridgehead atoms. The van der Waals surface area contributed by atoms with E-state index >= 15 is 0 Å². The van der Waals surface area contributed by atoms with Crippen molar-refractivity contribution in [2.24, 2.45) is 0 Å². The zero-order valence-electron chi connectivity index (χ0n) is 5.26. The largest absolute Gasteiger partial charge is 0.857 e. The Balaban J connectivity index is -0.0000000360. The van der Waals surface area contributed by atoms with Crippen LogP contribution in [0.15, 0.2) is 0 Å². The molecule has 0 rings (SSSR count). The number of aliphatic hydroxyl groups excluding tert-OH is 1. The van der Waals surface area contributed by atoms with E-state index in [2.05, 4.69) is 4.74 Å². The second-order valence-electron chi connectivity index (χ2n) is 0.408. The van der Waals surface area contributed by atoms with Gasteiger partial charge in [-0.1, -0.05) is 0 Å². The standard InChI is InChI=1S/C2H6O.CH4O.CH3O/c1-3-2;2*1-2/h1-2H3;2H,1H3;1H3/q;;-1. The first-order valence-electron chi connectivity index (χ1n) is 1.67. The molecular weight excluding hydrogens is 96.0 g/mol. The van der Waals surface area contributed by atoms with E-state index < -0.39 is 0 Å². The van der Waals surface area contributed by atoms with Gasteiger partial charge in [-0.15, -0.1) is 0 Å². The van der Waals surface area contributed by atoms with Crippen molar-refractivity contribution < 1.29 is 14.9 Å². The van der Waals surface area contributed by atoms with Crippen LogP contribution in [-0.2, 0) is 4.74 Å². The molecule has 0 fully saturated rings. The van der Waals surface area contributed by atoms with Gasteiger partial charge in [-0.3, -0.25) is 0 Å². The molecule has 0 amide bonds. The quantitative estimate of drug-likeness (QED) is 0.427. The minimum absolute atomic E-state index is 0.750. The molecule has 0 aliphatic carbocycles. The highest BCUT2D eigenvalue weighted by Crippen LogP contribution is 1.28. The summed E-state index contributed by atoms with van der Waals surface area (Å²) in [6, 6.07) is 0. The van der Waals surface area contributed by atoms with Gasteiger partial charge in [0.15, 0.2) is 0 Å². The molecule has 3 nitrogen and oxygen atoms in total. The first-order chi connectivity index (χ1) is 3.41. The maximum absolute atomic E-state index is 8.25. The monoisotopic (exact) mass is 109 g/mol. The van der Waals surface area contributed by atoms with Crippen molar-refractivity contribution in [3.05, 3.63) is 0 Å². The van der Waals surface area contributed by atoms with E-state index in [0.717, 1.165) is 14.2 Å². The Morgan fingerprint density at radius 2 is 1.14 bits per heavy atom. The smallest absolute Gasteiger partial charge is 0.0351 e. The van der Waals surface area contributed by atoms with Crippen LogP contribution in [0.5, 0.6) is 0 Å². The average molecular weight is 109 g/mol. The summed E-state index contributed by atoms with van der Waals surface area (Å²) in [6.45, 7) is 0. The van der Waals surface area contributed by atoms with Gasteiger partial charge in [0.1, 0.15) is 0 Å². The van der Waals surface area contributed by atoms with Gasteiger partial charge in [0, 0.05) is 21.3 Å². The van der Waals surface area contributed by atoms with E-state index in [0.29, 0.717) is 0 Å². The third-order valence-corrected chi connectivity index (χ3v) is 0. The van der Waals surface area contributed by atoms with Gasteiger partial charge in [-0.25, -0.2) is 0 Å². The number of aliphatic hydroxyl groups is 1. The molecule has 0 aromatic carbocycles. The van der Waals surface area contributed by atoms with Gasteiger partial charge in [-0.05, 0) is 0 Å². The van der Waals surface area contributed by atoms with Gasteiger partial charge in [0.25, 0.3) is 0 Å². The van der Waals surface area contributed by atoms with Crippen molar-refractivity contribution >= 4 is 0 Å². The predicted molar refractivity (Wildman–Crippen MR) is 27.0 cm³/mol. The van der Waals surface area contributed by atoms with Crippen molar-refractivity contribution in [3.63, 3.8) is 0 Å². The molecule has 0 unspecified atom stereocenters. The molecule has 0 spiro atoms. The molecule has 0 saturated carbocycles. The lowest BCUT2D eigenvalue weighted by molar-refractivity contribution is -0.325. The number of hydrogen-bond donors (Lipinski definition) is 1. The first-order valence-corrected chi connectivity index (χ1v) is 1.67. The van der Waals surface area contributed by atoms with E-state index in [-0.39, 0.29) is 0 Å². The maximum atomic E-state index is 8.25. The van der Waals surface area contributed by atoms with Crippen molar-refractivity contribution in [2.45, 2.75) is 0 Å². The van der Waals surface area contributed by atoms with Gasteiger partial charge in [0.2, 0.25) is 0 Å². The summed E-state index contributed by atoms with van der Waals surface area (Å²) in [5, 5.41) is 15.2. The van der Waals surface area contributed by atoms with Crippen LogP contribution < -0.4 is 5.11 Å². The molecule has 3 heteroatoms. The van der Waals surface area contributed by atoms with Crippen LogP contribution in [0.2, 0.25) is 0 Å². The summed E-state index contributed by atoms with van der Waals surface area (Å²) in [5.41, 5.74) is 0. The van der Waals surface area contributed by atoms with Crippen LogP contribution in [0.4, 0.5) is 0 Å². The molecule has 0 atom stereocenters. The molecule has 0 aromatic heterocycles. The molecule has 0 aliphatic rings. The minimum Gasteiger partial charge on any atom is -0.857 e. The van der Waals surface area contributed by atoms with Crippen LogP contribution in [0, 0.1) is 0 Å². The zero-order chi connectivity index (χ0) is 6.71. The summed E-state index contributed by atoms with van der Waals surface area (Å²) in [6.07, 6.45) is 0. The van der Waals surface area contributed by atoms with E-state index in [1.807, 2.05) is 0 Å². The highest BCUT2D eigenvalue weighted by Gasteiger charge is 1.25. The fraction of sp³-hybridized carbons (Fsp3) is 1.00. The molecular formula is C4H13O3-. The van der Waals surface area contributed by atoms with Crippen molar-refractivity contribution in [2.75, 3.05) is 28.4 Å². The zero-order valence-corrected chi connectivity index (χ0v) is 5.26. The van der Waals surface area contributed by atoms with E-state index in [1.54, 1.807) is 14.2 Å². The molecule has 0 radical (unpaired) electrons. The molecule has 0 heterocycles. The van der Waals surface area contributed by atoms with Crippen LogP contribution >= 0.6 is 0 Å². The van der Waals surface area contributed by atoms with Crippen LogP contribution in [0.3, 0.4) is 0 Å². The Morgan fingerprint density at radius 3 is 1.14 bits per heavy atom. The van der Waals surface area contributed by atoms with Gasteiger partial charge in [0.05, 0.1) is 0 Å². The Kier molecular flexibility index (Phi) is 408. The molecule has 0 aliphatic heterocycles. The summed E-state index contributed by atoms with van der Waals surface area (Å²) in [5.74, 6) is 0. The maximum Gasteiger partial charge on any atom is 0.0351 e. The van der Waals surface area contributed by atoms with E-state index in [1.165, 1.54) is 0 Å². The summed E-state index contributed by atoms with van der Waals surface area (Å²) in [7, 11) is 5.00. The Labute approximate surface area is 44.5 Å². The van der Waals surface area contributed by atoms with Crippen molar-refractivity contribution in [1.82, 2.24) is 0 Å². The van der Waals surface area contributed by atoms with E-state index in [4.69, 9.17) is 10.2 Å².